The average Bonchev–Trinajstić information content (AvgIpc) is 3.25. The van der Waals surface area contributed by atoms with E-state index in [2.05, 4.69) is 10.4 Å². The molecule has 9 nitrogen and oxygen atoms in total. The molecule has 1 aromatic heterocycles. The van der Waals surface area contributed by atoms with Gasteiger partial charge in [0.1, 0.15) is 17.0 Å². The van der Waals surface area contributed by atoms with Crippen molar-refractivity contribution in [3.63, 3.8) is 0 Å². The fourth-order valence-electron chi connectivity index (χ4n) is 4.91. The van der Waals surface area contributed by atoms with Gasteiger partial charge in [0.15, 0.2) is 5.69 Å². The molecule has 2 fully saturated rings. The van der Waals surface area contributed by atoms with Gasteiger partial charge in [-0.2, -0.15) is 18.3 Å². The third-order valence-corrected chi connectivity index (χ3v) is 6.96. The summed E-state index contributed by atoms with van der Waals surface area (Å²) in [5.41, 5.74) is -2.20. The molecular weight excluding hydrogens is 479 g/mol. The number of hydrogen-bond donors (Lipinski definition) is 1. The molecule has 1 saturated heterocycles. The standard InChI is InChI=1S/C24H26F3N5O4/c1-36-16-6-4-15(5-7-16)32-19-17(20(29-32)24(25,26)27)8-13-31(21(19)34)14-18(33)28-23(9-10-23)22(35)30-11-2-3-12-30/h4-7H,2-3,8-14H2,1H3,(H,28,33). The Morgan fingerprint density at radius 3 is 2.36 bits per heavy atom. The lowest BCUT2D eigenvalue weighted by Crippen LogP contribution is -2.53. The molecule has 3 amide bonds. The molecule has 5 rings (SSSR count). The third kappa shape index (κ3) is 4.28. The Morgan fingerprint density at radius 1 is 1.11 bits per heavy atom. The number of ether oxygens (including phenoxy) is 1. The number of fused-ring (bicyclic) bond motifs is 1. The van der Waals surface area contributed by atoms with Crippen LogP contribution >= 0.6 is 0 Å². The second-order valence-corrected chi connectivity index (χ2v) is 9.39. The molecule has 2 aliphatic heterocycles. The maximum atomic E-state index is 13.7. The number of aromatic nitrogens is 2. The minimum Gasteiger partial charge on any atom is -0.497 e. The zero-order chi connectivity index (χ0) is 25.7. The van der Waals surface area contributed by atoms with E-state index in [1.54, 1.807) is 17.0 Å². The molecule has 1 N–H and O–H groups in total. The maximum Gasteiger partial charge on any atom is 0.435 e. The first kappa shape index (κ1) is 24.1. The Balaban J connectivity index is 1.37. The van der Waals surface area contributed by atoms with Crippen molar-refractivity contribution in [1.82, 2.24) is 24.9 Å². The van der Waals surface area contributed by atoms with Crippen molar-refractivity contribution >= 4 is 17.7 Å². The van der Waals surface area contributed by atoms with E-state index in [0.717, 1.165) is 17.5 Å². The molecule has 3 aliphatic rings. The summed E-state index contributed by atoms with van der Waals surface area (Å²) in [6, 6.07) is 6.13. The highest BCUT2D eigenvalue weighted by atomic mass is 19.4. The summed E-state index contributed by atoms with van der Waals surface area (Å²) in [5, 5.41) is 6.53. The molecule has 2 aromatic rings. The van der Waals surface area contributed by atoms with E-state index in [9.17, 15) is 27.6 Å². The molecule has 1 aliphatic carbocycles. The minimum atomic E-state index is -4.74. The first-order valence-corrected chi connectivity index (χ1v) is 11.9. The van der Waals surface area contributed by atoms with Crippen molar-refractivity contribution in [1.29, 1.82) is 0 Å². The second kappa shape index (κ2) is 8.82. The van der Waals surface area contributed by atoms with Crippen molar-refractivity contribution in [2.24, 2.45) is 0 Å². The lowest BCUT2D eigenvalue weighted by molar-refractivity contribution is -0.142. The molecule has 0 atom stereocenters. The molecular formula is C24H26F3N5O4. The monoisotopic (exact) mass is 505 g/mol. The first-order chi connectivity index (χ1) is 17.1. The smallest absolute Gasteiger partial charge is 0.435 e. The van der Waals surface area contributed by atoms with Crippen LogP contribution in [0.2, 0.25) is 0 Å². The van der Waals surface area contributed by atoms with Crippen LogP contribution in [0.1, 0.15) is 47.4 Å². The van der Waals surface area contributed by atoms with Crippen molar-refractivity contribution in [3.8, 4) is 11.4 Å². The Hall–Kier alpha value is -3.57. The number of amides is 3. The van der Waals surface area contributed by atoms with Crippen LogP contribution in [0.15, 0.2) is 24.3 Å². The number of carbonyl (C=O) groups is 3. The molecule has 0 bridgehead atoms. The number of nitrogens with zero attached hydrogens (tertiary/aromatic N) is 4. The van der Waals surface area contributed by atoms with Gasteiger partial charge >= 0.3 is 6.18 Å². The molecule has 0 radical (unpaired) electrons. The van der Waals surface area contributed by atoms with Gasteiger partial charge < -0.3 is 19.9 Å². The topological polar surface area (TPSA) is 96.8 Å². The Bertz CT molecular complexity index is 1200. The van der Waals surface area contributed by atoms with Crippen molar-refractivity contribution in [2.45, 2.75) is 43.8 Å². The van der Waals surface area contributed by atoms with E-state index in [1.807, 2.05) is 0 Å². The van der Waals surface area contributed by atoms with Crippen LogP contribution < -0.4 is 10.1 Å². The van der Waals surface area contributed by atoms with Crippen LogP contribution in [0.5, 0.6) is 5.75 Å². The third-order valence-electron chi connectivity index (χ3n) is 6.96. The van der Waals surface area contributed by atoms with Crippen molar-refractivity contribution in [3.05, 3.63) is 41.2 Å². The number of alkyl halides is 3. The number of halogens is 3. The van der Waals surface area contributed by atoms with Crippen LogP contribution in [0.25, 0.3) is 5.69 Å². The molecule has 0 spiro atoms. The molecule has 1 saturated carbocycles. The van der Waals surface area contributed by atoms with E-state index in [0.29, 0.717) is 31.7 Å². The Kier molecular flexibility index (Phi) is 5.92. The normalized spacial score (nSPS) is 18.7. The number of rotatable bonds is 6. The predicted octanol–water partition coefficient (Wildman–Crippen LogP) is 2.17. The molecule has 1 aromatic carbocycles. The maximum absolute atomic E-state index is 13.7. The molecule has 0 unspecified atom stereocenters. The highest BCUT2D eigenvalue weighted by Crippen LogP contribution is 2.39. The van der Waals surface area contributed by atoms with Gasteiger partial charge in [-0.1, -0.05) is 0 Å². The zero-order valence-electron chi connectivity index (χ0n) is 19.7. The molecule has 3 heterocycles. The van der Waals surface area contributed by atoms with E-state index in [-0.39, 0.29) is 42.4 Å². The second-order valence-electron chi connectivity index (χ2n) is 9.39. The molecule has 36 heavy (non-hydrogen) atoms. The highest BCUT2D eigenvalue weighted by molar-refractivity contribution is 5.99. The Labute approximate surface area is 205 Å². The van der Waals surface area contributed by atoms with Gasteiger partial charge in [-0.15, -0.1) is 0 Å². The SMILES string of the molecule is COc1ccc(-n2nc(C(F)(F)F)c3c2C(=O)N(CC(=O)NC2(C(=O)N4CCCC4)CC2)CC3)cc1. The van der Waals surface area contributed by atoms with E-state index in [1.165, 1.54) is 24.1 Å². The van der Waals surface area contributed by atoms with Gasteiger partial charge in [-0.05, 0) is 56.4 Å². The van der Waals surface area contributed by atoms with E-state index < -0.39 is 29.2 Å². The number of methoxy groups -OCH3 is 1. The van der Waals surface area contributed by atoms with Gasteiger partial charge in [-0.25, -0.2) is 4.68 Å². The Morgan fingerprint density at radius 2 is 1.78 bits per heavy atom. The number of hydrogen-bond acceptors (Lipinski definition) is 5. The largest absolute Gasteiger partial charge is 0.497 e. The summed E-state index contributed by atoms with van der Waals surface area (Å²) in [4.78, 5) is 42.0. The predicted molar refractivity (Wildman–Crippen MR) is 121 cm³/mol. The van der Waals surface area contributed by atoms with Gasteiger partial charge in [0.2, 0.25) is 11.8 Å². The lowest BCUT2D eigenvalue weighted by Gasteiger charge is -2.29. The fourth-order valence-corrected chi connectivity index (χ4v) is 4.91. The summed E-state index contributed by atoms with van der Waals surface area (Å²) in [6.07, 6.45) is -1.91. The highest BCUT2D eigenvalue weighted by Gasteiger charge is 2.53. The van der Waals surface area contributed by atoms with Crippen LogP contribution in [-0.2, 0) is 22.2 Å². The number of nitrogens with one attached hydrogen (secondary N) is 1. The van der Waals surface area contributed by atoms with Crippen LogP contribution in [-0.4, -0.2) is 76.1 Å². The van der Waals surface area contributed by atoms with Gasteiger partial charge in [0.25, 0.3) is 5.91 Å². The summed E-state index contributed by atoms with van der Waals surface area (Å²) >= 11 is 0. The molecule has 12 heteroatoms. The summed E-state index contributed by atoms with van der Waals surface area (Å²) in [7, 11) is 1.46. The van der Waals surface area contributed by atoms with Gasteiger partial charge in [-0.3, -0.25) is 14.4 Å². The number of carbonyl (C=O) groups excluding carboxylic acids is 3. The lowest BCUT2D eigenvalue weighted by atomic mass is 10.0. The summed E-state index contributed by atoms with van der Waals surface area (Å²) in [5.74, 6) is -0.838. The van der Waals surface area contributed by atoms with Gasteiger partial charge in [0, 0.05) is 25.2 Å². The van der Waals surface area contributed by atoms with Crippen LogP contribution in [0.4, 0.5) is 13.2 Å². The van der Waals surface area contributed by atoms with Crippen molar-refractivity contribution in [2.75, 3.05) is 33.3 Å². The van der Waals surface area contributed by atoms with E-state index in [4.69, 9.17) is 4.74 Å². The summed E-state index contributed by atoms with van der Waals surface area (Å²) < 4.78 is 47.3. The quantitative estimate of drug-likeness (QED) is 0.649. The average molecular weight is 505 g/mol. The number of benzene rings is 1. The van der Waals surface area contributed by atoms with Gasteiger partial charge in [0.05, 0.1) is 19.3 Å². The number of likely N-dealkylation sites (tertiary alicyclic amines) is 1. The molecule has 192 valence electrons. The first-order valence-electron chi connectivity index (χ1n) is 11.9. The minimum absolute atomic E-state index is 0.0658. The van der Waals surface area contributed by atoms with Crippen molar-refractivity contribution < 1.29 is 32.3 Å². The summed E-state index contributed by atoms with van der Waals surface area (Å²) in [6.45, 7) is 0.910. The van der Waals surface area contributed by atoms with E-state index >= 15 is 0 Å². The fraction of sp³-hybridized carbons (Fsp3) is 0.500. The zero-order valence-corrected chi connectivity index (χ0v) is 19.7. The van der Waals surface area contributed by atoms with Crippen LogP contribution in [0, 0.1) is 0 Å². The van der Waals surface area contributed by atoms with Crippen LogP contribution in [0.3, 0.4) is 0 Å².